The quantitative estimate of drug-likeness (QED) is 0.862. The number of aryl methyl sites for hydroxylation is 2. The summed E-state index contributed by atoms with van der Waals surface area (Å²) in [5.41, 5.74) is 3.89. The Hall–Kier alpha value is -1.85. The molecule has 5 heteroatoms. The number of sulfonamides is 1. The van der Waals surface area contributed by atoms with E-state index >= 15 is 0 Å². The van der Waals surface area contributed by atoms with Crippen molar-refractivity contribution in [3.05, 3.63) is 59.2 Å². The number of anilines is 1. The van der Waals surface area contributed by atoms with E-state index in [0.717, 1.165) is 35.7 Å². The summed E-state index contributed by atoms with van der Waals surface area (Å²) in [7, 11) is -3.51. The molecular formula is C21H28N2O2S. The normalized spacial score (nSPS) is 18.1. The van der Waals surface area contributed by atoms with Crippen LogP contribution in [-0.4, -0.2) is 21.5 Å². The molecule has 1 aliphatic heterocycles. The molecule has 2 aromatic rings. The number of hydrogen-bond donors (Lipinski definition) is 1. The third-order valence-electron chi connectivity index (χ3n) is 5.06. The molecule has 0 aliphatic carbocycles. The Morgan fingerprint density at radius 2 is 1.85 bits per heavy atom. The van der Waals surface area contributed by atoms with Gasteiger partial charge < -0.3 is 4.90 Å². The van der Waals surface area contributed by atoms with Crippen LogP contribution < -0.4 is 9.62 Å². The minimum atomic E-state index is -3.51. The highest BCUT2D eigenvalue weighted by molar-refractivity contribution is 7.89. The summed E-state index contributed by atoms with van der Waals surface area (Å²) in [6.07, 6.45) is 2.54. The van der Waals surface area contributed by atoms with Crippen LogP contribution in [0.15, 0.2) is 47.4 Å². The van der Waals surface area contributed by atoms with Gasteiger partial charge >= 0.3 is 0 Å². The smallest absolute Gasteiger partial charge is 0.241 e. The van der Waals surface area contributed by atoms with Crippen LogP contribution in [0, 0.1) is 19.8 Å². The van der Waals surface area contributed by atoms with Crippen LogP contribution in [0.5, 0.6) is 0 Å². The first-order valence-corrected chi connectivity index (χ1v) is 10.7. The summed E-state index contributed by atoms with van der Waals surface area (Å²) in [6.45, 7) is 8.51. The zero-order valence-corrected chi connectivity index (χ0v) is 16.6. The van der Waals surface area contributed by atoms with E-state index in [0.29, 0.717) is 11.4 Å². The highest BCUT2D eigenvalue weighted by Gasteiger charge is 2.18. The second-order valence-electron chi connectivity index (χ2n) is 7.45. The van der Waals surface area contributed by atoms with Crippen LogP contribution in [0.3, 0.4) is 0 Å². The Kier molecular flexibility index (Phi) is 5.68. The van der Waals surface area contributed by atoms with Gasteiger partial charge in [0, 0.05) is 25.3 Å². The predicted octanol–water partition coefficient (Wildman–Crippen LogP) is 4.02. The van der Waals surface area contributed by atoms with Gasteiger partial charge in [-0.05, 0) is 67.5 Å². The molecule has 0 saturated carbocycles. The first kappa shape index (κ1) is 18.9. The lowest BCUT2D eigenvalue weighted by Crippen LogP contribution is -2.34. The second kappa shape index (κ2) is 7.80. The van der Waals surface area contributed by atoms with Crippen LogP contribution in [0.25, 0.3) is 0 Å². The van der Waals surface area contributed by atoms with E-state index < -0.39 is 10.0 Å². The molecule has 1 saturated heterocycles. The molecule has 0 aromatic heterocycles. The molecule has 4 nitrogen and oxygen atoms in total. The fourth-order valence-electron chi connectivity index (χ4n) is 3.50. The maximum absolute atomic E-state index is 12.6. The first-order chi connectivity index (χ1) is 12.3. The Morgan fingerprint density at radius 3 is 2.54 bits per heavy atom. The Bertz CT molecular complexity index is 860. The average Bonchev–Trinajstić information content (AvgIpc) is 2.62. The summed E-state index contributed by atoms with van der Waals surface area (Å²) in [6, 6.07) is 13.7. The molecular weight excluding hydrogens is 344 g/mol. The molecule has 1 aliphatic rings. The van der Waals surface area contributed by atoms with Crippen LogP contribution in [0.1, 0.15) is 36.5 Å². The zero-order valence-electron chi connectivity index (χ0n) is 15.8. The van der Waals surface area contributed by atoms with Gasteiger partial charge in [0.05, 0.1) is 4.90 Å². The highest BCUT2D eigenvalue weighted by atomic mass is 32.2. The van der Waals surface area contributed by atoms with E-state index in [1.54, 1.807) is 6.07 Å². The Morgan fingerprint density at radius 1 is 1.12 bits per heavy atom. The molecule has 3 rings (SSSR count). The molecule has 0 unspecified atom stereocenters. The van der Waals surface area contributed by atoms with Crippen molar-refractivity contribution >= 4 is 15.7 Å². The van der Waals surface area contributed by atoms with Crippen molar-refractivity contribution in [1.82, 2.24) is 4.72 Å². The number of piperidine rings is 1. The second-order valence-corrected chi connectivity index (χ2v) is 9.19. The van der Waals surface area contributed by atoms with Crippen LogP contribution >= 0.6 is 0 Å². The summed E-state index contributed by atoms with van der Waals surface area (Å²) in [5, 5.41) is 0. The van der Waals surface area contributed by atoms with E-state index in [2.05, 4.69) is 28.7 Å². The van der Waals surface area contributed by atoms with Gasteiger partial charge in [-0.3, -0.25) is 0 Å². The number of hydrogen-bond acceptors (Lipinski definition) is 3. The molecule has 1 N–H and O–H groups in total. The van der Waals surface area contributed by atoms with Crippen molar-refractivity contribution in [2.75, 3.05) is 18.0 Å². The topological polar surface area (TPSA) is 49.4 Å². The molecule has 1 heterocycles. The van der Waals surface area contributed by atoms with E-state index in [-0.39, 0.29) is 0 Å². The average molecular weight is 373 g/mol. The SMILES string of the molecule is Cc1ccc(C)c(S(=O)(=O)NCc2ccc(N3CCC[C@@H](C)C3)cc2)c1. The van der Waals surface area contributed by atoms with Crippen molar-refractivity contribution in [1.29, 1.82) is 0 Å². The number of nitrogens with one attached hydrogen (secondary N) is 1. The van der Waals surface area contributed by atoms with Crippen LogP contribution in [0.2, 0.25) is 0 Å². The van der Waals surface area contributed by atoms with Crippen LogP contribution in [0.4, 0.5) is 5.69 Å². The predicted molar refractivity (Wildman–Crippen MR) is 107 cm³/mol. The van der Waals surface area contributed by atoms with Gasteiger partial charge in [-0.25, -0.2) is 13.1 Å². The fourth-order valence-corrected chi connectivity index (χ4v) is 4.85. The van der Waals surface area contributed by atoms with E-state index in [4.69, 9.17) is 0 Å². The third kappa shape index (κ3) is 4.46. The minimum absolute atomic E-state index is 0.298. The zero-order chi connectivity index (χ0) is 18.7. The van der Waals surface area contributed by atoms with Gasteiger partial charge in [-0.2, -0.15) is 0 Å². The standard InChI is InChI=1S/C21H28N2O2S/c1-16-6-7-18(3)21(13-16)26(24,25)22-14-19-8-10-20(11-9-19)23-12-4-5-17(2)15-23/h6-11,13,17,22H,4-5,12,14-15H2,1-3H3/t17-/m1/s1. The van der Waals surface area contributed by atoms with Crippen molar-refractivity contribution in [3.63, 3.8) is 0 Å². The molecule has 26 heavy (non-hydrogen) atoms. The van der Waals surface area contributed by atoms with Gasteiger partial charge in [0.15, 0.2) is 0 Å². The van der Waals surface area contributed by atoms with Crippen molar-refractivity contribution in [2.24, 2.45) is 5.92 Å². The monoisotopic (exact) mass is 372 g/mol. The lowest BCUT2D eigenvalue weighted by Gasteiger charge is -2.32. The Balaban J connectivity index is 1.67. The van der Waals surface area contributed by atoms with Gasteiger partial charge in [0.2, 0.25) is 10.0 Å². The van der Waals surface area contributed by atoms with Crippen molar-refractivity contribution < 1.29 is 8.42 Å². The maximum Gasteiger partial charge on any atom is 0.241 e. The summed E-state index contributed by atoms with van der Waals surface area (Å²) in [4.78, 5) is 2.77. The first-order valence-electron chi connectivity index (χ1n) is 9.26. The van der Waals surface area contributed by atoms with Crippen molar-refractivity contribution in [2.45, 2.75) is 45.1 Å². The minimum Gasteiger partial charge on any atom is -0.371 e. The lowest BCUT2D eigenvalue weighted by molar-refractivity contribution is 0.447. The van der Waals surface area contributed by atoms with Crippen molar-refractivity contribution in [3.8, 4) is 0 Å². The van der Waals surface area contributed by atoms with Gasteiger partial charge in [0.25, 0.3) is 0 Å². The molecule has 0 bridgehead atoms. The van der Waals surface area contributed by atoms with Gasteiger partial charge in [-0.15, -0.1) is 0 Å². The Labute approximate surface area is 157 Å². The molecule has 140 valence electrons. The summed E-state index contributed by atoms with van der Waals surface area (Å²) >= 11 is 0. The number of rotatable bonds is 5. The molecule has 0 spiro atoms. The third-order valence-corrected chi connectivity index (χ3v) is 6.60. The molecule has 2 aromatic carbocycles. The largest absolute Gasteiger partial charge is 0.371 e. The highest BCUT2D eigenvalue weighted by Crippen LogP contribution is 2.23. The molecule has 0 amide bonds. The maximum atomic E-state index is 12.6. The summed E-state index contributed by atoms with van der Waals surface area (Å²) in [5.74, 6) is 0.729. The fraction of sp³-hybridized carbons (Fsp3) is 0.429. The van der Waals surface area contributed by atoms with E-state index in [1.165, 1.54) is 18.5 Å². The lowest BCUT2D eigenvalue weighted by atomic mass is 9.99. The van der Waals surface area contributed by atoms with E-state index in [1.807, 2.05) is 38.1 Å². The van der Waals surface area contributed by atoms with E-state index in [9.17, 15) is 8.42 Å². The number of nitrogens with zero attached hydrogens (tertiary/aromatic N) is 1. The number of benzene rings is 2. The van der Waals surface area contributed by atoms with Crippen LogP contribution in [-0.2, 0) is 16.6 Å². The molecule has 0 radical (unpaired) electrons. The van der Waals surface area contributed by atoms with Gasteiger partial charge in [-0.1, -0.05) is 31.2 Å². The summed E-state index contributed by atoms with van der Waals surface area (Å²) < 4.78 is 27.9. The molecule has 1 fully saturated rings. The molecule has 1 atom stereocenters. The van der Waals surface area contributed by atoms with Gasteiger partial charge in [0.1, 0.15) is 0 Å².